The fourth-order valence-electron chi connectivity index (χ4n) is 7.90. The maximum Gasteiger partial charge on any atom is 0.417 e. The van der Waals surface area contributed by atoms with Gasteiger partial charge in [-0.15, -0.1) is 0 Å². The van der Waals surface area contributed by atoms with Crippen molar-refractivity contribution in [3.05, 3.63) is 179 Å². The van der Waals surface area contributed by atoms with Gasteiger partial charge in [-0.1, -0.05) is 78.9 Å². The van der Waals surface area contributed by atoms with E-state index in [9.17, 15) is 62.3 Å². The van der Waals surface area contributed by atoms with Crippen molar-refractivity contribution in [2.24, 2.45) is 0 Å². The summed E-state index contributed by atoms with van der Waals surface area (Å²) in [7, 11) is 1.46. The van der Waals surface area contributed by atoms with E-state index < -0.39 is 64.0 Å². The average molecular weight is 905 g/mol. The van der Waals surface area contributed by atoms with Crippen LogP contribution < -0.4 is 4.90 Å². The fourth-order valence-corrected chi connectivity index (χ4v) is 7.90. The molecule has 1 aromatic heterocycles. The quantitative estimate of drug-likeness (QED) is 0.118. The van der Waals surface area contributed by atoms with Gasteiger partial charge in [0.1, 0.15) is 0 Å². The van der Waals surface area contributed by atoms with Gasteiger partial charge in [0.15, 0.2) is 6.29 Å². The highest BCUT2D eigenvalue weighted by Crippen LogP contribution is 2.46. The molecule has 0 saturated heterocycles. The first kappa shape index (κ1) is 44.3. The van der Waals surface area contributed by atoms with E-state index in [4.69, 9.17) is 0 Å². The summed E-state index contributed by atoms with van der Waals surface area (Å²) in [6.45, 7) is 0. The molecule has 0 aliphatic carbocycles. The molecule has 0 bridgehead atoms. The number of amides is 1. The van der Waals surface area contributed by atoms with Crippen LogP contribution in [0.4, 0.5) is 58.4 Å². The Balaban J connectivity index is 1.37. The largest absolute Gasteiger partial charge is 0.417 e. The third-order valence-corrected chi connectivity index (χ3v) is 11.0. The van der Waals surface area contributed by atoms with Gasteiger partial charge in [0.2, 0.25) is 0 Å². The standard InChI is InChI=1S/C49H28F12N2O2/c1-62(34-16-10-28(11-17-34)27-6-3-2-4-7-27)45(65)44-31(26-64)8-5-9-43(44)63-41-20-12-29(35-18-14-32(46(50,51)52)24-39(35)48(56,57)58)22-37(41)38-23-30(13-21-42(38)63)36-19-15-33(47(53,54)55)25-40(36)49(59,60)61/h2-26H,1H3. The minimum atomic E-state index is -5.29. The lowest BCUT2D eigenvalue weighted by Crippen LogP contribution is -2.28. The number of halogens is 12. The molecule has 0 N–H and O–H groups in total. The first-order valence-corrected chi connectivity index (χ1v) is 19.2. The highest BCUT2D eigenvalue weighted by molar-refractivity contribution is 6.16. The number of nitrogens with zero attached hydrogens (tertiary/aromatic N) is 2. The Morgan fingerprint density at radius 3 is 1.40 bits per heavy atom. The molecule has 0 aliphatic heterocycles. The first-order valence-electron chi connectivity index (χ1n) is 19.2. The van der Waals surface area contributed by atoms with Crippen LogP contribution in [0.1, 0.15) is 43.0 Å². The lowest BCUT2D eigenvalue weighted by molar-refractivity contribution is -0.144. The van der Waals surface area contributed by atoms with Crippen molar-refractivity contribution in [2.45, 2.75) is 24.7 Å². The first-order chi connectivity index (χ1) is 30.6. The maximum atomic E-state index is 14.6. The van der Waals surface area contributed by atoms with Gasteiger partial charge in [-0.05, 0) is 100 Å². The summed E-state index contributed by atoms with van der Waals surface area (Å²) >= 11 is 0. The molecular weight excluding hydrogens is 877 g/mol. The number of aromatic nitrogens is 1. The van der Waals surface area contributed by atoms with Crippen molar-refractivity contribution < 1.29 is 62.3 Å². The number of alkyl halides is 12. The summed E-state index contributed by atoms with van der Waals surface area (Å²) in [4.78, 5) is 28.5. The second-order valence-electron chi connectivity index (χ2n) is 14.9. The molecule has 0 unspecified atom stereocenters. The van der Waals surface area contributed by atoms with Crippen molar-refractivity contribution >= 4 is 39.7 Å². The summed E-state index contributed by atoms with van der Waals surface area (Å²) in [6.07, 6.45) is -20.4. The van der Waals surface area contributed by atoms with Crippen LogP contribution in [0, 0.1) is 0 Å². The predicted octanol–water partition coefficient (Wildman–Crippen LogP) is 14.9. The predicted molar refractivity (Wildman–Crippen MR) is 222 cm³/mol. The molecule has 0 radical (unpaired) electrons. The smallest absolute Gasteiger partial charge is 0.311 e. The molecule has 0 aliphatic rings. The highest BCUT2D eigenvalue weighted by atomic mass is 19.4. The van der Waals surface area contributed by atoms with Gasteiger partial charge in [-0.25, -0.2) is 0 Å². The van der Waals surface area contributed by atoms with Crippen LogP contribution in [-0.2, 0) is 24.7 Å². The molecule has 0 saturated carbocycles. The third-order valence-electron chi connectivity index (χ3n) is 11.0. The second-order valence-corrected chi connectivity index (χ2v) is 14.9. The van der Waals surface area contributed by atoms with Crippen LogP contribution in [0.25, 0.3) is 60.9 Å². The highest BCUT2D eigenvalue weighted by Gasteiger charge is 2.40. The van der Waals surface area contributed by atoms with E-state index in [1.54, 1.807) is 24.3 Å². The minimum Gasteiger partial charge on any atom is -0.311 e. The monoisotopic (exact) mass is 904 g/mol. The number of aldehydes is 1. The molecular formula is C49H28F12N2O2. The molecule has 65 heavy (non-hydrogen) atoms. The van der Waals surface area contributed by atoms with E-state index >= 15 is 0 Å². The Morgan fingerprint density at radius 2 is 0.954 bits per heavy atom. The molecule has 8 rings (SSSR count). The van der Waals surface area contributed by atoms with Gasteiger partial charge in [0, 0.05) is 29.1 Å². The number of fused-ring (bicyclic) bond motifs is 3. The topological polar surface area (TPSA) is 42.3 Å². The van der Waals surface area contributed by atoms with E-state index in [2.05, 4.69) is 0 Å². The summed E-state index contributed by atoms with van der Waals surface area (Å²) in [5, 5.41) is 0.0419. The molecule has 7 aromatic carbocycles. The van der Waals surface area contributed by atoms with E-state index in [1.165, 1.54) is 71.1 Å². The minimum absolute atomic E-state index is 0.0209. The molecule has 16 heteroatoms. The summed E-state index contributed by atoms with van der Waals surface area (Å²) in [6, 6.07) is 30.0. The van der Waals surface area contributed by atoms with Crippen LogP contribution in [0.5, 0.6) is 0 Å². The van der Waals surface area contributed by atoms with Crippen LogP contribution in [0.2, 0.25) is 0 Å². The number of carbonyl (C=O) groups is 2. The Kier molecular flexibility index (Phi) is 10.9. The molecule has 8 aromatic rings. The van der Waals surface area contributed by atoms with E-state index in [1.807, 2.05) is 30.3 Å². The third kappa shape index (κ3) is 8.31. The number of hydrogen-bond donors (Lipinski definition) is 0. The van der Waals surface area contributed by atoms with Gasteiger partial charge in [0.25, 0.3) is 5.91 Å². The molecule has 0 atom stereocenters. The second kappa shape index (κ2) is 16.0. The Morgan fingerprint density at radius 1 is 0.492 bits per heavy atom. The Labute approximate surface area is 360 Å². The molecule has 330 valence electrons. The maximum absolute atomic E-state index is 14.6. The molecule has 0 spiro atoms. The normalized spacial score (nSPS) is 12.5. The van der Waals surface area contributed by atoms with E-state index in [0.717, 1.165) is 11.1 Å². The SMILES string of the molecule is CN(C(=O)c1c(C=O)cccc1-n1c2ccc(-c3ccc(C(F)(F)F)cc3C(F)(F)F)cc2c2cc(-c3ccc(C(F)(F)F)cc3C(F)(F)F)ccc21)c1ccc(-c2ccccc2)cc1. The molecule has 4 nitrogen and oxygen atoms in total. The summed E-state index contributed by atoms with van der Waals surface area (Å²) < 4.78 is 170. The van der Waals surface area contributed by atoms with E-state index in [0.29, 0.717) is 36.2 Å². The van der Waals surface area contributed by atoms with Crippen molar-refractivity contribution in [3.8, 4) is 39.1 Å². The number of hydrogen-bond acceptors (Lipinski definition) is 2. The lowest BCUT2D eigenvalue weighted by Gasteiger charge is -2.22. The van der Waals surface area contributed by atoms with Crippen LogP contribution in [0.3, 0.4) is 0 Å². The van der Waals surface area contributed by atoms with Gasteiger partial charge in [-0.2, -0.15) is 52.7 Å². The van der Waals surface area contributed by atoms with Crippen LogP contribution >= 0.6 is 0 Å². The fraction of sp³-hybridized carbons (Fsp3) is 0.102. The number of rotatable bonds is 7. The van der Waals surface area contributed by atoms with Gasteiger partial charge in [0.05, 0.1) is 44.5 Å². The van der Waals surface area contributed by atoms with Crippen molar-refractivity contribution in [1.82, 2.24) is 4.57 Å². The lowest BCUT2D eigenvalue weighted by atomic mass is 9.94. The number of benzene rings is 7. The zero-order valence-corrected chi connectivity index (χ0v) is 33.2. The van der Waals surface area contributed by atoms with Crippen LogP contribution in [0.15, 0.2) is 146 Å². The molecule has 1 amide bonds. The van der Waals surface area contributed by atoms with Crippen LogP contribution in [-0.4, -0.2) is 23.8 Å². The van der Waals surface area contributed by atoms with Crippen molar-refractivity contribution in [3.63, 3.8) is 0 Å². The molecule has 0 fully saturated rings. The average Bonchev–Trinajstić information content (AvgIpc) is 3.59. The Hall–Kier alpha value is -7.36. The van der Waals surface area contributed by atoms with E-state index in [-0.39, 0.29) is 61.9 Å². The van der Waals surface area contributed by atoms with Crippen molar-refractivity contribution in [2.75, 3.05) is 11.9 Å². The summed E-state index contributed by atoms with van der Waals surface area (Å²) in [5.74, 6) is -0.697. The van der Waals surface area contributed by atoms with Gasteiger partial charge >= 0.3 is 24.7 Å². The molecule has 1 heterocycles. The summed E-state index contributed by atoms with van der Waals surface area (Å²) in [5.41, 5.74) is -6.10. The zero-order chi connectivity index (χ0) is 46.8. The number of carbonyl (C=O) groups excluding carboxylic acids is 2. The number of anilines is 1. The van der Waals surface area contributed by atoms with Gasteiger partial charge in [-0.3, -0.25) is 9.59 Å². The van der Waals surface area contributed by atoms with Gasteiger partial charge < -0.3 is 9.47 Å². The van der Waals surface area contributed by atoms with Crippen molar-refractivity contribution in [1.29, 1.82) is 0 Å². The Bertz CT molecular complexity index is 3010. The zero-order valence-electron chi connectivity index (χ0n) is 33.2.